The molecule has 0 radical (unpaired) electrons. The lowest BCUT2D eigenvalue weighted by Crippen LogP contribution is -1.95. The zero-order valence-electron chi connectivity index (χ0n) is 12.0. The molecule has 0 bridgehead atoms. The maximum atomic E-state index is 6.47. The highest BCUT2D eigenvalue weighted by Crippen LogP contribution is 2.37. The normalized spacial score (nSPS) is 11.2. The van der Waals surface area contributed by atoms with Crippen molar-refractivity contribution >= 4 is 33.4 Å². The van der Waals surface area contributed by atoms with Gasteiger partial charge in [-0.3, -0.25) is 4.98 Å². The number of methoxy groups -OCH3 is 1. The van der Waals surface area contributed by atoms with E-state index < -0.39 is 0 Å². The van der Waals surface area contributed by atoms with Crippen molar-refractivity contribution < 1.29 is 4.74 Å². The van der Waals surface area contributed by atoms with Crippen LogP contribution in [0.4, 0.5) is 0 Å². The fraction of sp³-hybridized carbons (Fsp3) is 0.0556. The molecule has 0 saturated heterocycles. The van der Waals surface area contributed by atoms with Crippen LogP contribution in [0.5, 0.6) is 5.75 Å². The molecule has 0 amide bonds. The number of hydrogen-bond donors (Lipinski definition) is 0. The number of benzene rings is 2. The van der Waals surface area contributed by atoms with Crippen LogP contribution in [0.2, 0.25) is 5.02 Å². The number of hydrogen-bond acceptors (Lipinski definition) is 2. The summed E-state index contributed by atoms with van der Waals surface area (Å²) in [7, 11) is 1.65. The van der Waals surface area contributed by atoms with Crippen molar-refractivity contribution in [2.45, 2.75) is 0 Å². The molecule has 0 spiro atoms. The summed E-state index contributed by atoms with van der Waals surface area (Å²) in [4.78, 5) is 4.45. The van der Waals surface area contributed by atoms with E-state index in [4.69, 9.17) is 16.3 Å². The van der Waals surface area contributed by atoms with Crippen LogP contribution in [0.15, 0.2) is 60.9 Å². The first-order chi connectivity index (χ1) is 10.8. The molecule has 0 unspecified atom stereocenters. The molecule has 0 N–H and O–H groups in total. The van der Waals surface area contributed by atoms with Crippen molar-refractivity contribution in [3.63, 3.8) is 0 Å². The molecule has 22 heavy (non-hydrogen) atoms. The molecule has 0 aliphatic heterocycles. The minimum Gasteiger partial charge on any atom is -0.494 e. The van der Waals surface area contributed by atoms with Gasteiger partial charge in [0.1, 0.15) is 11.3 Å². The van der Waals surface area contributed by atoms with Gasteiger partial charge < -0.3 is 9.30 Å². The fourth-order valence-corrected chi connectivity index (χ4v) is 3.08. The first-order valence-corrected chi connectivity index (χ1v) is 7.35. The molecule has 0 aliphatic carbocycles. The Labute approximate surface area is 132 Å². The highest BCUT2D eigenvalue weighted by Gasteiger charge is 2.15. The van der Waals surface area contributed by atoms with Crippen molar-refractivity contribution in [2.75, 3.05) is 7.11 Å². The van der Waals surface area contributed by atoms with E-state index in [1.165, 1.54) is 0 Å². The van der Waals surface area contributed by atoms with Crippen LogP contribution in [-0.4, -0.2) is 16.7 Å². The molecule has 4 aromatic rings. The summed E-state index contributed by atoms with van der Waals surface area (Å²) in [5.41, 5.74) is 2.90. The largest absolute Gasteiger partial charge is 0.494 e. The van der Waals surface area contributed by atoms with Gasteiger partial charge in [-0.2, -0.15) is 0 Å². The Bertz CT molecular complexity index is 977. The zero-order chi connectivity index (χ0) is 15.1. The second-order valence-electron chi connectivity index (χ2n) is 5.05. The van der Waals surface area contributed by atoms with Gasteiger partial charge in [0.05, 0.1) is 17.6 Å². The Hall–Kier alpha value is -2.52. The van der Waals surface area contributed by atoms with Gasteiger partial charge in [-0.1, -0.05) is 29.8 Å². The van der Waals surface area contributed by atoms with E-state index in [1.54, 1.807) is 13.3 Å². The third-order valence-electron chi connectivity index (χ3n) is 3.83. The molecule has 108 valence electrons. The summed E-state index contributed by atoms with van der Waals surface area (Å²) in [5.74, 6) is 0.732. The lowest BCUT2D eigenvalue weighted by atomic mass is 10.1. The van der Waals surface area contributed by atoms with Crippen LogP contribution in [0.1, 0.15) is 0 Å². The number of para-hydroxylation sites is 1. The first kappa shape index (κ1) is 13.2. The summed E-state index contributed by atoms with van der Waals surface area (Å²) in [5, 5.41) is 2.65. The molecule has 0 saturated carbocycles. The van der Waals surface area contributed by atoms with E-state index in [9.17, 15) is 0 Å². The standard InChI is InChI=1S/C18H13ClN2O/c1-22-15-11-12-8-10-21(13-5-3-2-4-6-13)18(12)16-14(19)7-9-20-17(15)16/h2-11H,1H3. The lowest BCUT2D eigenvalue weighted by Gasteiger charge is -2.11. The van der Waals surface area contributed by atoms with Gasteiger partial charge >= 0.3 is 0 Å². The average Bonchev–Trinajstić information content (AvgIpc) is 2.98. The summed E-state index contributed by atoms with van der Waals surface area (Å²) in [6.07, 6.45) is 3.75. The predicted octanol–water partition coefficient (Wildman–Crippen LogP) is 4.84. The van der Waals surface area contributed by atoms with Crippen molar-refractivity contribution in [1.29, 1.82) is 0 Å². The Kier molecular flexibility index (Phi) is 3.01. The Morgan fingerprint density at radius 1 is 1.09 bits per heavy atom. The quantitative estimate of drug-likeness (QED) is 0.530. The number of nitrogens with zero attached hydrogens (tertiary/aromatic N) is 2. The number of ether oxygens (including phenoxy) is 1. The third kappa shape index (κ3) is 1.86. The van der Waals surface area contributed by atoms with Crippen LogP contribution in [0.3, 0.4) is 0 Å². The fourth-order valence-electron chi connectivity index (χ4n) is 2.85. The second-order valence-corrected chi connectivity index (χ2v) is 5.46. The molecular weight excluding hydrogens is 296 g/mol. The van der Waals surface area contributed by atoms with Gasteiger partial charge in [-0.25, -0.2) is 0 Å². The summed E-state index contributed by atoms with van der Waals surface area (Å²) < 4.78 is 7.60. The van der Waals surface area contributed by atoms with Crippen molar-refractivity contribution in [2.24, 2.45) is 0 Å². The molecule has 3 nitrogen and oxygen atoms in total. The maximum Gasteiger partial charge on any atom is 0.145 e. The van der Waals surface area contributed by atoms with Crippen LogP contribution in [0.25, 0.3) is 27.5 Å². The summed E-state index contributed by atoms with van der Waals surface area (Å²) in [6.45, 7) is 0. The predicted molar refractivity (Wildman–Crippen MR) is 90.1 cm³/mol. The topological polar surface area (TPSA) is 27.1 Å². The highest BCUT2D eigenvalue weighted by atomic mass is 35.5. The highest BCUT2D eigenvalue weighted by molar-refractivity contribution is 6.37. The zero-order valence-corrected chi connectivity index (χ0v) is 12.7. The average molecular weight is 309 g/mol. The van der Waals surface area contributed by atoms with Crippen molar-refractivity contribution in [3.8, 4) is 11.4 Å². The Balaban J connectivity index is 2.19. The SMILES string of the molecule is COc1cc2ccn(-c3ccccc3)c2c2c(Cl)ccnc12. The van der Waals surface area contributed by atoms with Gasteiger partial charge in [0, 0.05) is 28.9 Å². The van der Waals surface area contributed by atoms with Crippen molar-refractivity contribution in [3.05, 3.63) is 65.9 Å². The molecule has 4 heteroatoms. The lowest BCUT2D eigenvalue weighted by molar-refractivity contribution is 0.419. The van der Waals surface area contributed by atoms with Gasteiger partial charge in [-0.15, -0.1) is 0 Å². The number of fused-ring (bicyclic) bond motifs is 3. The molecular formula is C18H13ClN2O. The van der Waals surface area contributed by atoms with Crippen LogP contribution in [0, 0.1) is 0 Å². The van der Waals surface area contributed by atoms with Gasteiger partial charge in [0.2, 0.25) is 0 Å². The molecule has 0 fully saturated rings. The Morgan fingerprint density at radius 2 is 1.91 bits per heavy atom. The summed E-state index contributed by atoms with van der Waals surface area (Å²) in [6, 6.07) is 16.1. The molecule has 4 rings (SSSR count). The number of aromatic nitrogens is 2. The van der Waals surface area contributed by atoms with E-state index in [1.807, 2.05) is 36.5 Å². The van der Waals surface area contributed by atoms with Crippen molar-refractivity contribution in [1.82, 2.24) is 9.55 Å². The number of rotatable bonds is 2. The molecule has 0 aliphatic rings. The monoisotopic (exact) mass is 308 g/mol. The van der Waals surface area contributed by atoms with E-state index in [2.05, 4.69) is 27.8 Å². The van der Waals surface area contributed by atoms with Gasteiger partial charge in [-0.05, 0) is 30.3 Å². The van der Waals surface area contributed by atoms with Crippen LogP contribution >= 0.6 is 11.6 Å². The van der Waals surface area contributed by atoms with E-state index >= 15 is 0 Å². The Morgan fingerprint density at radius 3 is 2.68 bits per heavy atom. The maximum absolute atomic E-state index is 6.47. The van der Waals surface area contributed by atoms with E-state index in [0.717, 1.165) is 33.2 Å². The minimum atomic E-state index is 0.671. The number of pyridine rings is 1. The van der Waals surface area contributed by atoms with Gasteiger partial charge in [0.15, 0.2) is 0 Å². The molecule has 2 aromatic carbocycles. The number of halogens is 1. The van der Waals surface area contributed by atoms with E-state index in [-0.39, 0.29) is 0 Å². The minimum absolute atomic E-state index is 0.671. The van der Waals surface area contributed by atoms with Gasteiger partial charge in [0.25, 0.3) is 0 Å². The molecule has 2 heterocycles. The van der Waals surface area contributed by atoms with Crippen LogP contribution < -0.4 is 4.74 Å². The van der Waals surface area contributed by atoms with E-state index in [0.29, 0.717) is 5.02 Å². The molecule has 2 aromatic heterocycles. The second kappa shape index (κ2) is 5.04. The smallest absolute Gasteiger partial charge is 0.145 e. The molecule has 0 atom stereocenters. The summed E-state index contributed by atoms with van der Waals surface area (Å²) >= 11 is 6.47. The van der Waals surface area contributed by atoms with Crippen LogP contribution in [-0.2, 0) is 0 Å². The third-order valence-corrected chi connectivity index (χ3v) is 4.14. The first-order valence-electron chi connectivity index (χ1n) is 6.97.